The van der Waals surface area contributed by atoms with Crippen LogP contribution in [0, 0.1) is 0 Å². The Hall–Kier alpha value is -1.22. The van der Waals surface area contributed by atoms with Crippen LogP contribution >= 0.6 is 11.6 Å². The summed E-state index contributed by atoms with van der Waals surface area (Å²) in [6.07, 6.45) is 4.86. The molecular formula is C13H14ClNO2. The van der Waals surface area contributed by atoms with E-state index in [4.69, 9.17) is 16.3 Å². The second-order valence-electron chi connectivity index (χ2n) is 4.75. The first-order chi connectivity index (χ1) is 8.20. The third-order valence-corrected chi connectivity index (χ3v) is 3.81. The van der Waals surface area contributed by atoms with Gasteiger partial charge in [0.15, 0.2) is 5.60 Å². The normalized spacial score (nSPS) is 21.6. The van der Waals surface area contributed by atoms with Crippen LogP contribution in [0.3, 0.4) is 0 Å². The van der Waals surface area contributed by atoms with Gasteiger partial charge in [-0.1, -0.05) is 18.0 Å². The maximum atomic E-state index is 12.1. The minimum Gasteiger partial charge on any atom is -0.475 e. The summed E-state index contributed by atoms with van der Waals surface area (Å²) in [6.45, 7) is 0. The Morgan fingerprint density at radius 2 is 2.00 bits per heavy atom. The summed E-state index contributed by atoms with van der Waals surface area (Å²) in [5, 5.41) is 3.56. The number of benzene rings is 1. The number of fused-ring (bicyclic) bond motifs is 1. The molecule has 90 valence electrons. The van der Waals surface area contributed by atoms with Gasteiger partial charge in [0, 0.05) is 11.1 Å². The van der Waals surface area contributed by atoms with Crippen molar-refractivity contribution in [3.8, 4) is 5.75 Å². The van der Waals surface area contributed by atoms with Crippen molar-refractivity contribution in [3.63, 3.8) is 0 Å². The molecule has 1 N–H and O–H groups in total. The number of hydrogen-bond acceptors (Lipinski definition) is 2. The summed E-state index contributed by atoms with van der Waals surface area (Å²) in [6, 6.07) is 5.31. The topological polar surface area (TPSA) is 38.3 Å². The molecule has 1 aliphatic heterocycles. The second kappa shape index (κ2) is 3.91. The summed E-state index contributed by atoms with van der Waals surface area (Å²) in [5.41, 5.74) is 0.0613. The summed E-state index contributed by atoms with van der Waals surface area (Å²) < 4.78 is 5.96. The van der Waals surface area contributed by atoms with Gasteiger partial charge in [0.05, 0.1) is 5.69 Å². The third kappa shape index (κ3) is 1.78. The van der Waals surface area contributed by atoms with E-state index in [1.807, 2.05) is 0 Å². The molecule has 4 heteroatoms. The van der Waals surface area contributed by atoms with Crippen molar-refractivity contribution in [2.45, 2.75) is 37.7 Å². The monoisotopic (exact) mass is 251 g/mol. The zero-order chi connectivity index (χ0) is 11.9. The van der Waals surface area contributed by atoms with E-state index in [1.165, 1.54) is 6.42 Å². The minimum absolute atomic E-state index is 0.00739. The molecule has 2 aliphatic rings. The molecular weight excluding hydrogens is 238 g/mol. The fraction of sp³-hybridized carbons (Fsp3) is 0.462. The molecule has 1 amide bonds. The first kappa shape index (κ1) is 10.9. The van der Waals surface area contributed by atoms with Crippen LogP contribution in [0.2, 0.25) is 5.02 Å². The highest BCUT2D eigenvalue weighted by Crippen LogP contribution is 2.41. The number of anilines is 1. The summed E-state index contributed by atoms with van der Waals surface area (Å²) >= 11 is 5.95. The minimum atomic E-state index is -0.657. The molecule has 0 unspecified atom stereocenters. The molecule has 0 radical (unpaired) electrons. The molecule has 1 spiro atoms. The van der Waals surface area contributed by atoms with Crippen LogP contribution in [0.25, 0.3) is 0 Å². The first-order valence-corrected chi connectivity index (χ1v) is 6.37. The van der Waals surface area contributed by atoms with E-state index in [2.05, 4.69) is 5.32 Å². The second-order valence-corrected chi connectivity index (χ2v) is 5.19. The average Bonchev–Trinajstić information content (AvgIpc) is 2.32. The maximum absolute atomic E-state index is 12.1. The molecule has 0 atom stereocenters. The van der Waals surface area contributed by atoms with Gasteiger partial charge in [0.25, 0.3) is 5.91 Å². The lowest BCUT2D eigenvalue weighted by atomic mass is 9.83. The lowest BCUT2D eigenvalue weighted by Gasteiger charge is -2.39. The van der Waals surface area contributed by atoms with E-state index in [0.717, 1.165) is 31.4 Å². The van der Waals surface area contributed by atoms with Crippen molar-refractivity contribution >= 4 is 23.2 Å². The zero-order valence-electron chi connectivity index (χ0n) is 9.46. The molecule has 1 fully saturated rings. The average molecular weight is 252 g/mol. The lowest BCUT2D eigenvalue weighted by Crippen LogP contribution is -2.51. The number of nitrogens with one attached hydrogen (secondary N) is 1. The number of carbonyl (C=O) groups excluding carboxylic acids is 1. The van der Waals surface area contributed by atoms with Crippen molar-refractivity contribution in [2.24, 2.45) is 0 Å². The first-order valence-electron chi connectivity index (χ1n) is 6.00. The lowest BCUT2D eigenvalue weighted by molar-refractivity contribution is -0.135. The molecule has 1 aromatic rings. The molecule has 3 nitrogen and oxygen atoms in total. The number of ether oxygens (including phenoxy) is 1. The van der Waals surface area contributed by atoms with E-state index in [1.54, 1.807) is 18.2 Å². The molecule has 1 saturated carbocycles. The highest BCUT2D eigenvalue weighted by molar-refractivity contribution is 6.30. The van der Waals surface area contributed by atoms with Crippen LogP contribution in [0.5, 0.6) is 5.75 Å². The Morgan fingerprint density at radius 1 is 1.24 bits per heavy atom. The van der Waals surface area contributed by atoms with Crippen molar-refractivity contribution in [1.29, 1.82) is 0 Å². The summed E-state index contributed by atoms with van der Waals surface area (Å²) in [5.74, 6) is 0.686. The van der Waals surface area contributed by atoms with Gasteiger partial charge >= 0.3 is 0 Å². The predicted octanol–water partition coefficient (Wildman–Crippen LogP) is 3.37. The van der Waals surface area contributed by atoms with Crippen molar-refractivity contribution in [1.82, 2.24) is 0 Å². The van der Waals surface area contributed by atoms with Gasteiger partial charge in [0.2, 0.25) is 0 Å². The number of carbonyl (C=O) groups is 1. The van der Waals surface area contributed by atoms with Crippen LogP contribution in [0.4, 0.5) is 5.69 Å². The highest BCUT2D eigenvalue weighted by Gasteiger charge is 2.45. The Kier molecular flexibility index (Phi) is 2.51. The Balaban J connectivity index is 1.98. The predicted molar refractivity (Wildman–Crippen MR) is 66.5 cm³/mol. The summed E-state index contributed by atoms with van der Waals surface area (Å²) in [4.78, 5) is 12.1. The van der Waals surface area contributed by atoms with Gasteiger partial charge in [-0.05, 0) is 37.8 Å². The van der Waals surface area contributed by atoms with Gasteiger partial charge in [0.1, 0.15) is 5.75 Å². The number of hydrogen-bond donors (Lipinski definition) is 1. The van der Waals surface area contributed by atoms with E-state index in [0.29, 0.717) is 10.8 Å². The Bertz CT molecular complexity index is 466. The third-order valence-electron chi connectivity index (χ3n) is 3.57. The van der Waals surface area contributed by atoms with Crippen LogP contribution in [-0.2, 0) is 4.79 Å². The molecule has 1 aromatic carbocycles. The number of rotatable bonds is 0. The Morgan fingerprint density at radius 3 is 2.76 bits per heavy atom. The van der Waals surface area contributed by atoms with E-state index in [9.17, 15) is 4.79 Å². The standard InChI is InChI=1S/C13H14ClNO2/c14-9-4-5-10-11(8-9)17-13(12(16)15-10)6-2-1-3-7-13/h4-5,8H,1-3,6-7H2,(H,15,16). The molecule has 17 heavy (non-hydrogen) atoms. The fourth-order valence-electron chi connectivity index (χ4n) is 2.63. The van der Waals surface area contributed by atoms with Gasteiger partial charge in [-0.25, -0.2) is 0 Å². The summed E-state index contributed by atoms with van der Waals surface area (Å²) in [7, 11) is 0. The van der Waals surface area contributed by atoms with Gasteiger partial charge in [-0.2, -0.15) is 0 Å². The van der Waals surface area contributed by atoms with Gasteiger partial charge in [-0.3, -0.25) is 4.79 Å². The van der Waals surface area contributed by atoms with E-state index >= 15 is 0 Å². The number of halogens is 1. The molecule has 0 saturated heterocycles. The maximum Gasteiger partial charge on any atom is 0.268 e. The van der Waals surface area contributed by atoms with Crippen molar-refractivity contribution < 1.29 is 9.53 Å². The van der Waals surface area contributed by atoms with E-state index in [-0.39, 0.29) is 5.91 Å². The molecule has 0 aromatic heterocycles. The SMILES string of the molecule is O=C1Nc2ccc(Cl)cc2OC12CCCCC2. The largest absolute Gasteiger partial charge is 0.475 e. The quantitative estimate of drug-likeness (QED) is 0.768. The molecule has 1 aliphatic carbocycles. The van der Waals surface area contributed by atoms with Gasteiger partial charge < -0.3 is 10.1 Å². The highest BCUT2D eigenvalue weighted by atomic mass is 35.5. The van der Waals surface area contributed by atoms with Crippen LogP contribution in [-0.4, -0.2) is 11.5 Å². The van der Waals surface area contributed by atoms with Crippen LogP contribution in [0.15, 0.2) is 18.2 Å². The molecule has 3 rings (SSSR count). The smallest absolute Gasteiger partial charge is 0.268 e. The zero-order valence-corrected chi connectivity index (χ0v) is 10.2. The number of amides is 1. The van der Waals surface area contributed by atoms with E-state index < -0.39 is 5.60 Å². The Labute approximate surface area is 105 Å². The fourth-order valence-corrected chi connectivity index (χ4v) is 2.79. The van der Waals surface area contributed by atoms with Crippen LogP contribution < -0.4 is 10.1 Å². The van der Waals surface area contributed by atoms with Crippen LogP contribution in [0.1, 0.15) is 32.1 Å². The van der Waals surface area contributed by atoms with Crippen molar-refractivity contribution in [3.05, 3.63) is 23.2 Å². The molecule has 0 bridgehead atoms. The van der Waals surface area contributed by atoms with Gasteiger partial charge in [-0.15, -0.1) is 0 Å². The van der Waals surface area contributed by atoms with Crippen molar-refractivity contribution in [2.75, 3.05) is 5.32 Å². The molecule has 1 heterocycles.